The van der Waals surface area contributed by atoms with Crippen molar-refractivity contribution in [2.24, 2.45) is 0 Å². The molecule has 0 saturated carbocycles. The van der Waals surface area contributed by atoms with E-state index in [0.717, 1.165) is 19.4 Å². The second-order valence-electron chi connectivity index (χ2n) is 6.37. The van der Waals surface area contributed by atoms with E-state index in [1.807, 2.05) is 26.8 Å². The lowest BCUT2D eigenvalue weighted by molar-refractivity contribution is 0.0202. The van der Waals surface area contributed by atoms with Gasteiger partial charge in [-0.2, -0.15) is 0 Å². The summed E-state index contributed by atoms with van der Waals surface area (Å²) in [5.41, 5.74) is -0.488. The number of hydrogen-bond acceptors (Lipinski definition) is 5. The number of methoxy groups -OCH3 is 1. The zero-order valence-corrected chi connectivity index (χ0v) is 14.3. The average molecular weight is 314 g/mol. The molecule has 1 unspecified atom stereocenters. The lowest BCUT2D eigenvalue weighted by Crippen LogP contribution is -2.43. The number of amides is 1. The van der Waals surface area contributed by atoms with Gasteiger partial charge in [0.05, 0.1) is 12.9 Å². The van der Waals surface area contributed by atoms with Crippen molar-refractivity contribution in [1.82, 2.24) is 10.2 Å². The van der Waals surface area contributed by atoms with Crippen LogP contribution in [0, 0.1) is 0 Å². The van der Waals surface area contributed by atoms with Crippen LogP contribution in [0.3, 0.4) is 0 Å². The highest BCUT2D eigenvalue weighted by molar-refractivity contribution is 5.68. The highest BCUT2D eigenvalue weighted by Crippen LogP contribution is 2.10. The number of nitrogens with zero attached hydrogens (tertiary/aromatic N) is 1. The van der Waals surface area contributed by atoms with Crippen molar-refractivity contribution in [3.8, 4) is 0 Å². The monoisotopic (exact) mass is 314 g/mol. The minimum Gasteiger partial charge on any atom is -0.497 e. The summed E-state index contributed by atoms with van der Waals surface area (Å²) in [5, 5.41) is 3.33. The largest absolute Gasteiger partial charge is 0.497 e. The van der Waals surface area contributed by atoms with Crippen LogP contribution in [0.25, 0.3) is 0 Å². The predicted molar refractivity (Wildman–Crippen MR) is 85.8 cm³/mol. The Balaban J connectivity index is 2.30. The highest BCUT2D eigenvalue weighted by Gasteiger charge is 2.21. The summed E-state index contributed by atoms with van der Waals surface area (Å²) in [6.07, 6.45) is 5.81. The quantitative estimate of drug-likeness (QED) is 0.696. The molecule has 1 amide bonds. The van der Waals surface area contributed by atoms with Gasteiger partial charge >= 0.3 is 6.09 Å². The van der Waals surface area contributed by atoms with Crippen LogP contribution in [0.4, 0.5) is 4.79 Å². The maximum atomic E-state index is 12.1. The Labute approximate surface area is 133 Å². The van der Waals surface area contributed by atoms with Gasteiger partial charge in [-0.25, -0.2) is 4.79 Å². The molecule has 1 aliphatic rings. The Hall–Kier alpha value is -1.27. The van der Waals surface area contributed by atoms with Gasteiger partial charge in [-0.05, 0) is 39.7 Å². The first-order valence-corrected chi connectivity index (χ1v) is 7.90. The van der Waals surface area contributed by atoms with Crippen molar-refractivity contribution in [2.45, 2.75) is 45.3 Å². The fraction of sp³-hybridized carbons (Fsp3) is 0.812. The normalized spacial score (nSPS) is 17.9. The van der Waals surface area contributed by atoms with Crippen LogP contribution in [-0.2, 0) is 14.2 Å². The number of carbonyl (C=O) groups is 1. The molecular formula is C16H30N2O4. The molecule has 1 N–H and O–H groups in total. The van der Waals surface area contributed by atoms with Crippen LogP contribution < -0.4 is 5.32 Å². The Morgan fingerprint density at radius 1 is 1.41 bits per heavy atom. The molecule has 22 heavy (non-hydrogen) atoms. The maximum absolute atomic E-state index is 12.1. The predicted octanol–water partition coefficient (Wildman–Crippen LogP) is 2.15. The number of ether oxygens (including phenoxy) is 3. The minimum atomic E-state index is -0.488. The second kappa shape index (κ2) is 9.69. The van der Waals surface area contributed by atoms with E-state index in [1.54, 1.807) is 18.3 Å². The van der Waals surface area contributed by atoms with Crippen LogP contribution in [0.1, 0.15) is 33.6 Å². The number of rotatable bonds is 8. The lowest BCUT2D eigenvalue weighted by Gasteiger charge is -2.27. The third-order valence-corrected chi connectivity index (χ3v) is 3.17. The van der Waals surface area contributed by atoms with Crippen LogP contribution in [0.15, 0.2) is 12.3 Å². The van der Waals surface area contributed by atoms with Gasteiger partial charge in [0.15, 0.2) is 0 Å². The van der Waals surface area contributed by atoms with E-state index in [4.69, 9.17) is 14.2 Å². The topological polar surface area (TPSA) is 60.0 Å². The highest BCUT2D eigenvalue weighted by atomic mass is 16.6. The van der Waals surface area contributed by atoms with E-state index in [-0.39, 0.29) is 12.2 Å². The Morgan fingerprint density at radius 2 is 2.18 bits per heavy atom. The molecule has 1 heterocycles. The molecule has 1 aliphatic heterocycles. The fourth-order valence-electron chi connectivity index (χ4n) is 2.03. The first kappa shape index (κ1) is 18.8. The lowest BCUT2D eigenvalue weighted by atomic mass is 10.1. The maximum Gasteiger partial charge on any atom is 0.410 e. The van der Waals surface area contributed by atoms with Crippen molar-refractivity contribution in [2.75, 3.05) is 39.9 Å². The van der Waals surface area contributed by atoms with Crippen LogP contribution in [-0.4, -0.2) is 62.6 Å². The molecule has 0 aromatic carbocycles. The van der Waals surface area contributed by atoms with Crippen LogP contribution >= 0.6 is 0 Å². The summed E-state index contributed by atoms with van der Waals surface area (Å²) in [6, 6.07) is 0. The Morgan fingerprint density at radius 3 is 2.77 bits per heavy atom. The average Bonchev–Trinajstić information content (AvgIpc) is 2.45. The van der Waals surface area contributed by atoms with E-state index >= 15 is 0 Å². The first-order chi connectivity index (χ1) is 10.4. The van der Waals surface area contributed by atoms with E-state index in [2.05, 4.69) is 5.32 Å². The summed E-state index contributed by atoms with van der Waals surface area (Å²) >= 11 is 0. The van der Waals surface area contributed by atoms with Gasteiger partial charge in [0.1, 0.15) is 11.7 Å². The third-order valence-electron chi connectivity index (χ3n) is 3.17. The third kappa shape index (κ3) is 8.24. The summed E-state index contributed by atoms with van der Waals surface area (Å²) in [7, 11) is 1.62. The number of allylic oxidation sites excluding steroid dienone is 1. The van der Waals surface area contributed by atoms with E-state index < -0.39 is 5.60 Å². The molecule has 0 spiro atoms. The molecule has 0 aromatic heterocycles. The van der Waals surface area contributed by atoms with Gasteiger partial charge in [0.2, 0.25) is 0 Å². The first-order valence-electron chi connectivity index (χ1n) is 7.90. The molecule has 6 nitrogen and oxygen atoms in total. The summed E-state index contributed by atoms with van der Waals surface area (Å²) in [4.78, 5) is 13.8. The molecular weight excluding hydrogens is 284 g/mol. The molecule has 0 bridgehead atoms. The molecule has 1 rings (SSSR count). The van der Waals surface area contributed by atoms with Gasteiger partial charge in [0, 0.05) is 33.3 Å². The smallest absolute Gasteiger partial charge is 0.410 e. The number of nitrogens with one attached hydrogen (secondary N) is 1. The Bertz CT molecular complexity index is 353. The molecule has 0 fully saturated rings. The summed E-state index contributed by atoms with van der Waals surface area (Å²) in [5.74, 6) is 0. The standard InChI is InChI=1S/C16H30N2O4/c1-16(2,3)22-15(19)18(10-12-20-4)9-8-17-13-14-7-5-6-11-21-14/h6,11,14,17H,5,7-10,12-13H2,1-4H3. The van der Waals surface area contributed by atoms with Gasteiger partial charge in [-0.1, -0.05) is 0 Å². The van der Waals surface area contributed by atoms with Crippen molar-refractivity contribution in [1.29, 1.82) is 0 Å². The molecule has 1 atom stereocenters. The zero-order chi connectivity index (χ0) is 16.4. The molecule has 128 valence electrons. The summed E-state index contributed by atoms with van der Waals surface area (Å²) < 4.78 is 16.0. The SMILES string of the molecule is COCCN(CCNCC1CCC=CO1)C(=O)OC(C)(C)C. The van der Waals surface area contributed by atoms with Crippen molar-refractivity contribution in [3.05, 3.63) is 12.3 Å². The summed E-state index contributed by atoms with van der Waals surface area (Å²) in [6.45, 7) is 8.69. The van der Waals surface area contributed by atoms with Crippen LogP contribution in [0.2, 0.25) is 0 Å². The van der Waals surface area contributed by atoms with Gasteiger partial charge < -0.3 is 24.4 Å². The fourth-order valence-corrected chi connectivity index (χ4v) is 2.03. The molecule has 6 heteroatoms. The number of hydrogen-bond donors (Lipinski definition) is 1. The molecule has 0 aliphatic carbocycles. The minimum absolute atomic E-state index is 0.221. The molecule has 0 saturated heterocycles. The van der Waals surface area contributed by atoms with E-state index in [9.17, 15) is 4.79 Å². The van der Waals surface area contributed by atoms with Gasteiger partial charge in [-0.3, -0.25) is 0 Å². The van der Waals surface area contributed by atoms with Gasteiger partial charge in [0.25, 0.3) is 0 Å². The van der Waals surface area contributed by atoms with Crippen molar-refractivity contribution < 1.29 is 19.0 Å². The van der Waals surface area contributed by atoms with Gasteiger partial charge in [-0.15, -0.1) is 0 Å². The second-order valence-corrected chi connectivity index (χ2v) is 6.37. The van der Waals surface area contributed by atoms with Crippen molar-refractivity contribution in [3.63, 3.8) is 0 Å². The van der Waals surface area contributed by atoms with E-state index in [0.29, 0.717) is 26.2 Å². The Kier molecular flexibility index (Phi) is 8.27. The number of carbonyl (C=O) groups excluding carboxylic acids is 1. The zero-order valence-electron chi connectivity index (χ0n) is 14.3. The molecule has 0 aromatic rings. The van der Waals surface area contributed by atoms with Crippen LogP contribution in [0.5, 0.6) is 0 Å². The molecule has 0 radical (unpaired) electrons. The van der Waals surface area contributed by atoms with E-state index in [1.165, 1.54) is 0 Å². The van der Waals surface area contributed by atoms with Crippen molar-refractivity contribution >= 4 is 6.09 Å².